The molecule has 2 N–H and O–H groups in total. The van der Waals surface area contributed by atoms with Crippen LogP contribution in [0.3, 0.4) is 0 Å². The maximum Gasteiger partial charge on any atom is 0.338 e. The first-order valence-electron chi connectivity index (χ1n) is 5.67. The van der Waals surface area contributed by atoms with E-state index >= 15 is 0 Å². The van der Waals surface area contributed by atoms with E-state index in [1.54, 1.807) is 6.92 Å². The molecule has 0 spiro atoms. The van der Waals surface area contributed by atoms with E-state index in [1.165, 1.54) is 6.92 Å². The van der Waals surface area contributed by atoms with Gasteiger partial charge in [0.15, 0.2) is 0 Å². The van der Waals surface area contributed by atoms with Gasteiger partial charge in [-0.3, -0.25) is 10.1 Å². The van der Waals surface area contributed by atoms with E-state index in [4.69, 9.17) is 9.88 Å². The van der Waals surface area contributed by atoms with Gasteiger partial charge in [0.05, 0.1) is 22.0 Å². The SMILES string of the molecule is CCCOC(=O)c1cc([N+](=O)[O-])cc(S(N)(=O)=O)c1C. The van der Waals surface area contributed by atoms with Crippen molar-refractivity contribution in [3.05, 3.63) is 33.4 Å². The third-order valence-corrected chi connectivity index (χ3v) is 3.56. The van der Waals surface area contributed by atoms with Gasteiger partial charge in [-0.05, 0) is 18.9 Å². The number of hydrogen-bond donors (Lipinski definition) is 1. The summed E-state index contributed by atoms with van der Waals surface area (Å²) in [4.78, 5) is 21.3. The Morgan fingerprint density at radius 1 is 1.45 bits per heavy atom. The third kappa shape index (κ3) is 3.52. The van der Waals surface area contributed by atoms with Crippen LogP contribution in [0, 0.1) is 17.0 Å². The smallest absolute Gasteiger partial charge is 0.338 e. The van der Waals surface area contributed by atoms with Gasteiger partial charge < -0.3 is 4.74 Å². The third-order valence-electron chi connectivity index (χ3n) is 2.52. The van der Waals surface area contributed by atoms with E-state index in [9.17, 15) is 23.3 Å². The van der Waals surface area contributed by atoms with Crippen LogP contribution in [-0.4, -0.2) is 25.9 Å². The summed E-state index contributed by atoms with van der Waals surface area (Å²) in [5.41, 5.74) is -0.695. The quantitative estimate of drug-likeness (QED) is 0.492. The van der Waals surface area contributed by atoms with Crippen molar-refractivity contribution in [3.63, 3.8) is 0 Å². The Balaban J connectivity index is 3.47. The van der Waals surface area contributed by atoms with Crippen LogP contribution in [0.1, 0.15) is 29.3 Å². The van der Waals surface area contributed by atoms with Crippen LogP contribution in [0.25, 0.3) is 0 Å². The van der Waals surface area contributed by atoms with E-state index in [0.29, 0.717) is 6.42 Å². The van der Waals surface area contributed by atoms with Crippen LogP contribution in [0.15, 0.2) is 17.0 Å². The highest BCUT2D eigenvalue weighted by molar-refractivity contribution is 7.89. The van der Waals surface area contributed by atoms with E-state index in [2.05, 4.69) is 0 Å². The van der Waals surface area contributed by atoms with Crippen molar-refractivity contribution in [3.8, 4) is 0 Å². The van der Waals surface area contributed by atoms with E-state index in [0.717, 1.165) is 12.1 Å². The van der Waals surface area contributed by atoms with Gasteiger partial charge >= 0.3 is 5.97 Å². The number of nitro groups is 1. The zero-order valence-corrected chi connectivity index (χ0v) is 11.8. The molecule has 0 bridgehead atoms. The zero-order chi connectivity index (χ0) is 15.5. The number of nitrogens with two attached hydrogens (primary N) is 1. The molecule has 0 saturated carbocycles. The summed E-state index contributed by atoms with van der Waals surface area (Å²) in [7, 11) is -4.18. The molecule has 20 heavy (non-hydrogen) atoms. The second kappa shape index (κ2) is 5.97. The number of nitro benzene ring substituents is 1. The molecule has 0 unspecified atom stereocenters. The second-order valence-corrected chi connectivity index (χ2v) is 5.58. The topological polar surface area (TPSA) is 130 Å². The van der Waals surface area contributed by atoms with Gasteiger partial charge in [-0.2, -0.15) is 0 Å². The number of benzene rings is 1. The van der Waals surface area contributed by atoms with Crippen LogP contribution < -0.4 is 5.14 Å². The number of hydrogen-bond acceptors (Lipinski definition) is 6. The maximum atomic E-state index is 11.8. The van der Waals surface area contributed by atoms with Gasteiger partial charge in [-0.1, -0.05) is 6.92 Å². The first-order valence-corrected chi connectivity index (χ1v) is 7.22. The first-order chi connectivity index (χ1) is 9.18. The van der Waals surface area contributed by atoms with Gasteiger partial charge in [-0.25, -0.2) is 18.4 Å². The maximum absolute atomic E-state index is 11.8. The van der Waals surface area contributed by atoms with Crippen molar-refractivity contribution in [1.82, 2.24) is 0 Å². The molecule has 0 aliphatic heterocycles. The van der Waals surface area contributed by atoms with Crippen LogP contribution in [-0.2, 0) is 14.8 Å². The molecular weight excluding hydrogens is 288 g/mol. The minimum Gasteiger partial charge on any atom is -0.462 e. The lowest BCUT2D eigenvalue weighted by Crippen LogP contribution is -2.17. The molecule has 0 aromatic heterocycles. The van der Waals surface area contributed by atoms with Gasteiger partial charge in [0.25, 0.3) is 5.69 Å². The molecular formula is C11H14N2O6S. The largest absolute Gasteiger partial charge is 0.462 e. The summed E-state index contributed by atoms with van der Waals surface area (Å²) in [6, 6.07) is 1.79. The Kier molecular flexibility index (Phi) is 4.79. The molecule has 0 radical (unpaired) electrons. The standard InChI is InChI=1S/C11H14N2O6S/c1-3-4-19-11(14)9-5-8(13(15)16)6-10(7(9)2)20(12,17)18/h5-6H,3-4H2,1-2H3,(H2,12,17,18). The molecule has 0 atom stereocenters. The Labute approximate surface area is 115 Å². The average molecular weight is 302 g/mol. The number of sulfonamides is 1. The number of primary sulfonamides is 1. The predicted octanol–water partition coefficient (Wildman–Crippen LogP) is 1.12. The molecule has 0 aliphatic carbocycles. The summed E-state index contributed by atoms with van der Waals surface area (Å²) in [6.07, 6.45) is 0.571. The summed E-state index contributed by atoms with van der Waals surface area (Å²) >= 11 is 0. The van der Waals surface area contributed by atoms with Crippen LogP contribution in [0.2, 0.25) is 0 Å². The lowest BCUT2D eigenvalue weighted by molar-refractivity contribution is -0.385. The number of carbonyl (C=O) groups excluding carboxylic acids is 1. The summed E-state index contributed by atoms with van der Waals surface area (Å²) in [6.45, 7) is 3.25. The molecule has 0 amide bonds. The minimum atomic E-state index is -4.18. The molecule has 9 heteroatoms. The highest BCUT2D eigenvalue weighted by Gasteiger charge is 2.24. The fourth-order valence-electron chi connectivity index (χ4n) is 1.56. The van der Waals surface area contributed by atoms with E-state index < -0.39 is 31.5 Å². The van der Waals surface area contributed by atoms with Crippen LogP contribution in [0.4, 0.5) is 5.69 Å². The van der Waals surface area contributed by atoms with Crippen LogP contribution >= 0.6 is 0 Å². The second-order valence-electron chi connectivity index (χ2n) is 4.05. The number of carbonyl (C=O) groups is 1. The number of nitrogens with zero attached hydrogens (tertiary/aromatic N) is 1. The molecule has 0 fully saturated rings. The summed E-state index contributed by atoms with van der Waals surface area (Å²) in [5.74, 6) is -0.821. The Bertz CT molecular complexity index is 653. The Hall–Kier alpha value is -2.00. The molecule has 1 aromatic rings. The van der Waals surface area contributed by atoms with Gasteiger partial charge in [-0.15, -0.1) is 0 Å². The summed E-state index contributed by atoms with van der Waals surface area (Å²) < 4.78 is 27.7. The van der Waals surface area contributed by atoms with E-state index in [1.807, 2.05) is 0 Å². The lowest BCUT2D eigenvalue weighted by Gasteiger charge is -2.09. The van der Waals surface area contributed by atoms with Crippen molar-refractivity contribution in [2.45, 2.75) is 25.2 Å². The molecule has 0 saturated heterocycles. The lowest BCUT2D eigenvalue weighted by atomic mass is 10.1. The molecule has 1 aromatic carbocycles. The molecule has 0 heterocycles. The van der Waals surface area contributed by atoms with Crippen molar-refractivity contribution in [2.75, 3.05) is 6.61 Å². The average Bonchev–Trinajstić information content (AvgIpc) is 2.34. The van der Waals surface area contributed by atoms with Gasteiger partial charge in [0.1, 0.15) is 0 Å². The molecule has 110 valence electrons. The van der Waals surface area contributed by atoms with Gasteiger partial charge in [0.2, 0.25) is 10.0 Å². The van der Waals surface area contributed by atoms with Crippen molar-refractivity contribution in [1.29, 1.82) is 0 Å². The highest BCUT2D eigenvalue weighted by atomic mass is 32.2. The van der Waals surface area contributed by atoms with Crippen molar-refractivity contribution in [2.24, 2.45) is 5.14 Å². The zero-order valence-electron chi connectivity index (χ0n) is 11.0. The van der Waals surface area contributed by atoms with Crippen molar-refractivity contribution < 1.29 is 22.9 Å². The monoisotopic (exact) mass is 302 g/mol. The number of ether oxygens (including phenoxy) is 1. The fourth-order valence-corrected chi connectivity index (χ4v) is 2.38. The van der Waals surface area contributed by atoms with E-state index in [-0.39, 0.29) is 17.7 Å². The minimum absolute atomic E-state index is 0.0270. The van der Waals surface area contributed by atoms with Crippen LogP contribution in [0.5, 0.6) is 0 Å². The summed E-state index contributed by atoms with van der Waals surface area (Å²) in [5, 5.41) is 15.8. The molecule has 1 rings (SSSR count). The van der Waals surface area contributed by atoms with Crippen molar-refractivity contribution >= 4 is 21.7 Å². The molecule has 8 nitrogen and oxygen atoms in total. The predicted molar refractivity (Wildman–Crippen MR) is 69.8 cm³/mol. The molecule has 0 aliphatic rings. The first kappa shape index (κ1) is 16.1. The highest BCUT2D eigenvalue weighted by Crippen LogP contribution is 2.25. The van der Waals surface area contributed by atoms with Gasteiger partial charge in [0, 0.05) is 12.1 Å². The Morgan fingerprint density at radius 3 is 2.50 bits per heavy atom. The number of non-ortho nitro benzene ring substituents is 1. The normalized spacial score (nSPS) is 11.2. The fraction of sp³-hybridized carbons (Fsp3) is 0.364. The number of esters is 1. The Morgan fingerprint density at radius 2 is 2.05 bits per heavy atom. The number of rotatable bonds is 5.